The molecule has 0 radical (unpaired) electrons. The minimum atomic E-state index is -0.225. The first-order valence-electron chi connectivity index (χ1n) is 7.87. The van der Waals surface area contributed by atoms with Gasteiger partial charge < -0.3 is 14.6 Å². The molecule has 0 saturated heterocycles. The van der Waals surface area contributed by atoms with Crippen molar-refractivity contribution in [3.63, 3.8) is 0 Å². The maximum atomic E-state index is 12.6. The zero-order chi connectivity index (χ0) is 17.1. The van der Waals surface area contributed by atoms with Crippen LogP contribution in [0.3, 0.4) is 0 Å². The number of amides is 1. The summed E-state index contributed by atoms with van der Waals surface area (Å²) in [4.78, 5) is 13.9. The Morgan fingerprint density at radius 1 is 1.17 bits per heavy atom. The molecular formula is C19H20ClN2O2+. The molecule has 1 amide bonds. The predicted molar refractivity (Wildman–Crippen MR) is 95.6 cm³/mol. The molecule has 2 aromatic carbocycles. The largest absolute Gasteiger partial charge is 0.451 e. The number of carbonyl (C=O) groups excluding carboxylic acids is 1. The van der Waals surface area contributed by atoms with Crippen molar-refractivity contribution < 1.29 is 14.1 Å². The van der Waals surface area contributed by atoms with Gasteiger partial charge in [0.2, 0.25) is 0 Å². The molecule has 1 aromatic heterocycles. The standard InChI is InChI=1S/C19H19ClN2O2/c1-22(2)12-16(13-6-4-3-5-7-13)21-19(23)18-11-14-10-15(20)8-9-17(14)24-18/h3-11,16H,12H2,1-2H3,(H,21,23)/p+1/t16-/m1/s1. The molecule has 1 atom stereocenters. The van der Waals surface area contributed by atoms with E-state index in [1.54, 1.807) is 24.3 Å². The van der Waals surface area contributed by atoms with Crippen LogP contribution in [-0.4, -0.2) is 26.5 Å². The van der Waals surface area contributed by atoms with Crippen molar-refractivity contribution in [1.82, 2.24) is 5.32 Å². The van der Waals surface area contributed by atoms with Gasteiger partial charge in [-0.05, 0) is 29.8 Å². The molecule has 0 fully saturated rings. The highest BCUT2D eigenvalue weighted by Crippen LogP contribution is 2.23. The predicted octanol–water partition coefficient (Wildman–Crippen LogP) is 2.70. The minimum absolute atomic E-state index is 0.0829. The van der Waals surface area contributed by atoms with Gasteiger partial charge in [0.15, 0.2) is 5.76 Å². The van der Waals surface area contributed by atoms with Gasteiger partial charge in [0.05, 0.1) is 14.1 Å². The van der Waals surface area contributed by atoms with Crippen LogP contribution in [0.2, 0.25) is 5.02 Å². The molecule has 0 aliphatic heterocycles. The lowest BCUT2D eigenvalue weighted by atomic mass is 10.1. The lowest BCUT2D eigenvalue weighted by Crippen LogP contribution is -3.06. The lowest BCUT2D eigenvalue weighted by molar-refractivity contribution is -0.860. The van der Waals surface area contributed by atoms with Crippen molar-refractivity contribution >= 4 is 28.5 Å². The smallest absolute Gasteiger partial charge is 0.287 e. The molecule has 0 unspecified atom stereocenters. The van der Waals surface area contributed by atoms with Gasteiger partial charge in [-0.25, -0.2) is 0 Å². The Morgan fingerprint density at radius 3 is 2.62 bits per heavy atom. The summed E-state index contributed by atoms with van der Waals surface area (Å²) in [5.74, 6) is 0.0689. The van der Waals surface area contributed by atoms with E-state index in [1.807, 2.05) is 30.3 Å². The Morgan fingerprint density at radius 2 is 1.92 bits per heavy atom. The lowest BCUT2D eigenvalue weighted by Gasteiger charge is -2.20. The fourth-order valence-electron chi connectivity index (χ4n) is 2.70. The van der Waals surface area contributed by atoms with Crippen LogP contribution in [0.4, 0.5) is 0 Å². The van der Waals surface area contributed by atoms with Gasteiger partial charge in [0, 0.05) is 10.4 Å². The van der Waals surface area contributed by atoms with Crippen molar-refractivity contribution in [2.75, 3.05) is 20.6 Å². The number of quaternary nitrogens is 1. The summed E-state index contributed by atoms with van der Waals surface area (Å²) in [5.41, 5.74) is 1.73. The van der Waals surface area contributed by atoms with Crippen molar-refractivity contribution in [2.45, 2.75) is 6.04 Å². The second-order valence-corrected chi connectivity index (χ2v) is 6.58. The van der Waals surface area contributed by atoms with E-state index in [4.69, 9.17) is 16.0 Å². The average molecular weight is 344 g/mol. The van der Waals surface area contributed by atoms with Crippen LogP contribution >= 0.6 is 11.6 Å². The van der Waals surface area contributed by atoms with Crippen molar-refractivity contribution in [3.05, 3.63) is 70.9 Å². The Labute approximate surface area is 146 Å². The molecule has 3 rings (SSSR count). The SMILES string of the molecule is C[NH+](C)C[C@@H](NC(=O)c1cc2cc(Cl)ccc2o1)c1ccccc1. The highest BCUT2D eigenvalue weighted by Gasteiger charge is 2.20. The molecule has 5 heteroatoms. The maximum Gasteiger partial charge on any atom is 0.287 e. The zero-order valence-corrected chi connectivity index (χ0v) is 14.4. The van der Waals surface area contributed by atoms with Crippen LogP contribution in [0.1, 0.15) is 22.2 Å². The summed E-state index contributed by atoms with van der Waals surface area (Å²) in [6.07, 6.45) is 0. The van der Waals surface area contributed by atoms with E-state index in [0.29, 0.717) is 16.4 Å². The number of rotatable bonds is 5. The van der Waals surface area contributed by atoms with E-state index in [1.165, 1.54) is 4.90 Å². The molecule has 0 spiro atoms. The van der Waals surface area contributed by atoms with Crippen LogP contribution in [0.5, 0.6) is 0 Å². The number of benzene rings is 2. The van der Waals surface area contributed by atoms with E-state index in [9.17, 15) is 4.79 Å². The fourth-order valence-corrected chi connectivity index (χ4v) is 2.88. The number of hydrogen-bond donors (Lipinski definition) is 2. The number of furan rings is 1. The molecule has 0 aliphatic carbocycles. The van der Waals surface area contributed by atoms with Crippen LogP contribution in [-0.2, 0) is 0 Å². The summed E-state index contributed by atoms with van der Waals surface area (Å²) in [5, 5.41) is 4.51. The molecule has 124 valence electrons. The first-order valence-corrected chi connectivity index (χ1v) is 8.24. The summed E-state index contributed by atoms with van der Waals surface area (Å²) >= 11 is 5.98. The van der Waals surface area contributed by atoms with E-state index < -0.39 is 0 Å². The van der Waals surface area contributed by atoms with Crippen LogP contribution in [0.15, 0.2) is 59.0 Å². The Hall–Kier alpha value is -2.30. The topological polar surface area (TPSA) is 46.7 Å². The van der Waals surface area contributed by atoms with E-state index in [0.717, 1.165) is 17.5 Å². The average Bonchev–Trinajstić information content (AvgIpc) is 2.98. The minimum Gasteiger partial charge on any atom is -0.451 e. The van der Waals surface area contributed by atoms with Gasteiger partial charge in [0.1, 0.15) is 18.2 Å². The van der Waals surface area contributed by atoms with Crippen LogP contribution in [0.25, 0.3) is 11.0 Å². The Bertz CT molecular complexity index is 843. The van der Waals surface area contributed by atoms with Gasteiger partial charge >= 0.3 is 0 Å². The number of fused-ring (bicyclic) bond motifs is 1. The highest BCUT2D eigenvalue weighted by molar-refractivity contribution is 6.31. The van der Waals surface area contributed by atoms with Crippen LogP contribution in [0, 0.1) is 0 Å². The van der Waals surface area contributed by atoms with Gasteiger partial charge in [-0.1, -0.05) is 41.9 Å². The van der Waals surface area contributed by atoms with E-state index in [-0.39, 0.29) is 11.9 Å². The normalized spacial score (nSPS) is 12.5. The van der Waals surface area contributed by atoms with Gasteiger partial charge in [0.25, 0.3) is 5.91 Å². The third-order valence-corrected chi connectivity index (χ3v) is 4.06. The summed E-state index contributed by atoms with van der Waals surface area (Å²) in [6, 6.07) is 16.9. The maximum absolute atomic E-state index is 12.6. The summed E-state index contributed by atoms with van der Waals surface area (Å²) in [7, 11) is 4.12. The first kappa shape index (κ1) is 16.6. The van der Waals surface area contributed by atoms with Gasteiger partial charge in [-0.2, -0.15) is 0 Å². The molecule has 1 heterocycles. The van der Waals surface area contributed by atoms with Crippen molar-refractivity contribution in [1.29, 1.82) is 0 Å². The van der Waals surface area contributed by atoms with Gasteiger partial charge in [-0.15, -0.1) is 0 Å². The number of halogens is 1. The second kappa shape index (κ2) is 7.07. The third kappa shape index (κ3) is 3.78. The zero-order valence-electron chi connectivity index (χ0n) is 13.7. The molecule has 0 aliphatic rings. The summed E-state index contributed by atoms with van der Waals surface area (Å²) < 4.78 is 5.65. The second-order valence-electron chi connectivity index (χ2n) is 6.14. The van der Waals surface area contributed by atoms with Crippen molar-refractivity contribution in [3.8, 4) is 0 Å². The van der Waals surface area contributed by atoms with Crippen molar-refractivity contribution in [2.24, 2.45) is 0 Å². The number of carbonyl (C=O) groups is 1. The molecular weight excluding hydrogens is 324 g/mol. The first-order chi connectivity index (χ1) is 11.5. The molecule has 3 aromatic rings. The number of nitrogens with one attached hydrogen (secondary N) is 2. The summed E-state index contributed by atoms with van der Waals surface area (Å²) in [6.45, 7) is 0.780. The van der Waals surface area contributed by atoms with Gasteiger partial charge in [-0.3, -0.25) is 4.79 Å². The molecule has 4 nitrogen and oxygen atoms in total. The Kier molecular flexibility index (Phi) is 4.88. The van der Waals surface area contributed by atoms with E-state index >= 15 is 0 Å². The monoisotopic (exact) mass is 343 g/mol. The molecule has 2 N–H and O–H groups in total. The van der Waals surface area contributed by atoms with Crippen LogP contribution < -0.4 is 10.2 Å². The number of likely N-dealkylation sites (N-methyl/N-ethyl adjacent to an activating group) is 1. The third-order valence-electron chi connectivity index (χ3n) is 3.82. The fraction of sp³-hybridized carbons (Fsp3) is 0.211. The highest BCUT2D eigenvalue weighted by atomic mass is 35.5. The Balaban J connectivity index is 1.84. The van der Waals surface area contributed by atoms with E-state index in [2.05, 4.69) is 19.4 Å². The molecule has 0 saturated carbocycles. The quantitative estimate of drug-likeness (QED) is 0.748. The number of hydrogen-bond acceptors (Lipinski definition) is 2. The molecule has 24 heavy (non-hydrogen) atoms. The molecule has 0 bridgehead atoms.